The Labute approximate surface area is 177 Å². The number of nitrogens with one attached hydrogen (secondary N) is 2. The zero-order chi connectivity index (χ0) is 21.9. The van der Waals surface area contributed by atoms with Crippen molar-refractivity contribution >= 4 is 23.6 Å². The van der Waals surface area contributed by atoms with Crippen LogP contribution in [0, 0.1) is 12.8 Å². The Hall–Kier alpha value is -2.48. The average Bonchev–Trinajstić information content (AvgIpc) is 2.71. The van der Waals surface area contributed by atoms with Crippen LogP contribution in [-0.4, -0.2) is 30.3 Å². The summed E-state index contributed by atoms with van der Waals surface area (Å²) in [5.74, 6) is -2.62. The zero-order valence-corrected chi connectivity index (χ0v) is 17.4. The van der Waals surface area contributed by atoms with E-state index < -0.39 is 36.0 Å². The number of alkyl halides is 3. The van der Waals surface area contributed by atoms with E-state index in [1.807, 2.05) is 67.0 Å². The smallest absolute Gasteiger partial charge is 0.344 e. The van der Waals surface area contributed by atoms with Crippen molar-refractivity contribution in [1.29, 1.82) is 0 Å². The van der Waals surface area contributed by atoms with Crippen molar-refractivity contribution in [3.63, 3.8) is 0 Å². The molecular formula is C22H23F3N2O2S. The van der Waals surface area contributed by atoms with Gasteiger partial charge in [0.15, 0.2) is 0 Å². The number of rotatable bonds is 5. The number of halogens is 3. The van der Waals surface area contributed by atoms with E-state index in [9.17, 15) is 22.8 Å². The van der Waals surface area contributed by atoms with Crippen molar-refractivity contribution < 1.29 is 22.8 Å². The minimum Gasteiger partial charge on any atom is -0.344 e. The second-order valence-corrected chi connectivity index (χ2v) is 8.10. The maximum atomic E-state index is 12.9. The van der Waals surface area contributed by atoms with Crippen molar-refractivity contribution in [3.05, 3.63) is 65.2 Å². The first kappa shape index (κ1) is 22.2. The molecule has 0 aliphatic carbocycles. The highest BCUT2D eigenvalue weighted by atomic mass is 32.2. The van der Waals surface area contributed by atoms with Crippen LogP contribution >= 0.6 is 11.8 Å². The van der Waals surface area contributed by atoms with Gasteiger partial charge in [-0.05, 0) is 42.7 Å². The number of hydrogen-bond acceptors (Lipinski definition) is 3. The van der Waals surface area contributed by atoms with Gasteiger partial charge in [0.1, 0.15) is 12.0 Å². The van der Waals surface area contributed by atoms with Gasteiger partial charge in [-0.3, -0.25) is 9.59 Å². The first-order valence-corrected chi connectivity index (χ1v) is 10.8. The van der Waals surface area contributed by atoms with E-state index in [2.05, 4.69) is 5.32 Å². The third-order valence-corrected chi connectivity index (χ3v) is 6.23. The number of carbonyl (C=O) groups is 2. The van der Waals surface area contributed by atoms with Crippen LogP contribution in [-0.2, 0) is 9.59 Å². The van der Waals surface area contributed by atoms with E-state index >= 15 is 0 Å². The number of carbonyl (C=O) groups excluding carboxylic acids is 2. The topological polar surface area (TPSA) is 58.2 Å². The number of aryl methyl sites for hydroxylation is 1. The van der Waals surface area contributed by atoms with Crippen LogP contribution in [0.4, 0.5) is 13.2 Å². The minimum atomic E-state index is -4.52. The molecule has 8 heteroatoms. The molecule has 30 heavy (non-hydrogen) atoms. The Balaban J connectivity index is 1.87. The van der Waals surface area contributed by atoms with Gasteiger partial charge < -0.3 is 10.6 Å². The molecule has 0 spiro atoms. The van der Waals surface area contributed by atoms with E-state index in [1.165, 1.54) is 0 Å². The molecule has 1 aliphatic heterocycles. The summed E-state index contributed by atoms with van der Waals surface area (Å²) in [5.41, 5.74) is 2.76. The second kappa shape index (κ2) is 9.12. The first-order valence-electron chi connectivity index (χ1n) is 9.58. The molecule has 1 fully saturated rings. The van der Waals surface area contributed by atoms with Crippen LogP contribution in [0.3, 0.4) is 0 Å². The van der Waals surface area contributed by atoms with Crippen molar-refractivity contribution in [2.24, 2.45) is 5.92 Å². The van der Waals surface area contributed by atoms with E-state index in [0.29, 0.717) is 0 Å². The van der Waals surface area contributed by atoms with E-state index in [-0.39, 0.29) is 12.8 Å². The van der Waals surface area contributed by atoms with Gasteiger partial charge in [-0.1, -0.05) is 48.5 Å². The van der Waals surface area contributed by atoms with Crippen LogP contribution in [0.25, 0.3) is 0 Å². The Morgan fingerprint density at radius 3 is 2.43 bits per heavy atom. The quantitative estimate of drug-likeness (QED) is 0.540. The van der Waals surface area contributed by atoms with Gasteiger partial charge in [-0.25, -0.2) is 0 Å². The Kier molecular flexibility index (Phi) is 6.75. The fraction of sp³-hybridized carbons (Fsp3) is 0.364. The molecule has 0 radical (unpaired) electrons. The van der Waals surface area contributed by atoms with Gasteiger partial charge >= 0.3 is 6.18 Å². The summed E-state index contributed by atoms with van der Waals surface area (Å²) in [6, 6.07) is 12.7. The summed E-state index contributed by atoms with van der Waals surface area (Å²) in [7, 11) is 0. The van der Waals surface area contributed by atoms with Crippen molar-refractivity contribution in [1.82, 2.24) is 10.6 Å². The minimum absolute atomic E-state index is 0.146. The van der Waals surface area contributed by atoms with Gasteiger partial charge in [-0.15, -0.1) is 11.8 Å². The zero-order valence-electron chi connectivity index (χ0n) is 16.6. The lowest BCUT2D eigenvalue weighted by Gasteiger charge is -2.31. The summed E-state index contributed by atoms with van der Waals surface area (Å²) in [6.07, 6.45) is -3.03. The lowest BCUT2D eigenvalue weighted by Crippen LogP contribution is -2.54. The Morgan fingerprint density at radius 1 is 1.13 bits per heavy atom. The summed E-state index contributed by atoms with van der Waals surface area (Å²) in [6.45, 7) is 1.98. The third-order valence-electron chi connectivity index (χ3n) is 5.27. The van der Waals surface area contributed by atoms with Gasteiger partial charge in [0, 0.05) is 4.90 Å². The van der Waals surface area contributed by atoms with Gasteiger partial charge in [-0.2, -0.15) is 13.2 Å². The van der Waals surface area contributed by atoms with E-state index in [0.717, 1.165) is 21.6 Å². The second-order valence-electron chi connectivity index (χ2n) is 7.28. The molecule has 0 aromatic heterocycles. The number of piperidine rings is 1. The van der Waals surface area contributed by atoms with Crippen LogP contribution in [0.15, 0.2) is 53.4 Å². The Bertz CT molecular complexity index is 918. The number of thioether (sulfide) groups is 1. The number of benzene rings is 2. The molecule has 0 saturated carbocycles. The lowest BCUT2D eigenvalue weighted by atomic mass is 9.91. The first-order chi connectivity index (χ1) is 14.2. The van der Waals surface area contributed by atoms with Crippen molar-refractivity contribution in [3.8, 4) is 0 Å². The Morgan fingerprint density at radius 2 is 1.83 bits per heavy atom. The molecule has 1 aliphatic rings. The van der Waals surface area contributed by atoms with Gasteiger partial charge in [0.2, 0.25) is 11.8 Å². The molecule has 2 N–H and O–H groups in total. The van der Waals surface area contributed by atoms with Crippen LogP contribution in [0.2, 0.25) is 0 Å². The van der Waals surface area contributed by atoms with Crippen LogP contribution < -0.4 is 10.6 Å². The molecule has 2 aromatic carbocycles. The molecule has 0 bridgehead atoms. The van der Waals surface area contributed by atoms with Crippen LogP contribution in [0.1, 0.15) is 35.6 Å². The highest BCUT2D eigenvalue weighted by Crippen LogP contribution is 2.34. The predicted molar refractivity (Wildman–Crippen MR) is 110 cm³/mol. The average molecular weight is 436 g/mol. The molecule has 1 heterocycles. The van der Waals surface area contributed by atoms with E-state index in [1.54, 1.807) is 11.8 Å². The highest BCUT2D eigenvalue weighted by molar-refractivity contribution is 7.98. The number of hydrogen-bond donors (Lipinski definition) is 2. The molecule has 3 unspecified atom stereocenters. The lowest BCUT2D eigenvalue weighted by molar-refractivity contribution is -0.171. The molecular weight excluding hydrogens is 413 g/mol. The maximum Gasteiger partial charge on any atom is 0.408 e. The molecule has 160 valence electrons. The molecule has 3 atom stereocenters. The molecule has 3 rings (SSSR count). The molecule has 4 nitrogen and oxygen atoms in total. The van der Waals surface area contributed by atoms with E-state index in [4.69, 9.17) is 0 Å². The summed E-state index contributed by atoms with van der Waals surface area (Å²) in [5, 5.41) is 4.85. The summed E-state index contributed by atoms with van der Waals surface area (Å²) >= 11 is 1.56. The predicted octanol–water partition coefficient (Wildman–Crippen LogP) is 4.38. The van der Waals surface area contributed by atoms with Crippen molar-refractivity contribution in [2.45, 2.75) is 42.9 Å². The highest BCUT2D eigenvalue weighted by Gasteiger charge is 2.46. The monoisotopic (exact) mass is 436 g/mol. The fourth-order valence-electron chi connectivity index (χ4n) is 3.71. The largest absolute Gasteiger partial charge is 0.408 e. The van der Waals surface area contributed by atoms with Gasteiger partial charge in [0.05, 0.1) is 6.04 Å². The summed E-state index contributed by atoms with van der Waals surface area (Å²) < 4.78 is 38.7. The van der Waals surface area contributed by atoms with Gasteiger partial charge in [0.25, 0.3) is 0 Å². The van der Waals surface area contributed by atoms with Crippen molar-refractivity contribution in [2.75, 3.05) is 6.26 Å². The molecule has 2 amide bonds. The van der Waals surface area contributed by atoms with Crippen LogP contribution in [0.5, 0.6) is 0 Å². The maximum absolute atomic E-state index is 12.9. The standard InChI is InChI=1S/C22H23F3N2O2S/c1-13-7-6-10-15(19(13)30-2)18(14-8-4-3-5-9-14)27-21(29)16-11-12-17(22(23,24)25)26-20(16)28/h3-10,16-18H,11-12H2,1-2H3,(H,26,28)(H,27,29). The fourth-order valence-corrected chi connectivity index (χ4v) is 4.53. The number of amides is 2. The summed E-state index contributed by atoms with van der Waals surface area (Å²) in [4.78, 5) is 26.2. The molecule has 1 saturated heterocycles. The third kappa shape index (κ3) is 4.80. The SMILES string of the molecule is CSc1c(C)cccc1C(NC(=O)C1CCC(C(F)(F)F)NC1=O)c1ccccc1. The normalized spacial score (nSPS) is 20.4. The molecule has 2 aromatic rings.